The largest absolute Gasteiger partial charge is 0.480 e. The summed E-state index contributed by atoms with van der Waals surface area (Å²) in [5, 5.41) is 10.8. The molecule has 0 bridgehead atoms. The van der Waals surface area contributed by atoms with Crippen molar-refractivity contribution in [3.8, 4) is 5.88 Å². The first kappa shape index (κ1) is 14.2. The van der Waals surface area contributed by atoms with Gasteiger partial charge in [0.1, 0.15) is 5.69 Å². The minimum absolute atomic E-state index is 0.188. The lowest BCUT2D eigenvalue weighted by atomic mass is 10.1. The number of anilines is 1. The molecule has 0 spiro atoms. The van der Waals surface area contributed by atoms with Gasteiger partial charge in [-0.3, -0.25) is 9.78 Å². The number of methoxy groups -OCH3 is 1. The first-order chi connectivity index (χ1) is 10.7. The van der Waals surface area contributed by atoms with E-state index in [9.17, 15) is 4.79 Å². The van der Waals surface area contributed by atoms with Crippen LogP contribution in [0.3, 0.4) is 0 Å². The van der Waals surface area contributed by atoms with Crippen LogP contribution in [0.5, 0.6) is 5.88 Å². The van der Waals surface area contributed by atoms with E-state index >= 15 is 0 Å². The Morgan fingerprint density at radius 1 is 1.36 bits per heavy atom. The van der Waals surface area contributed by atoms with Gasteiger partial charge in [0.15, 0.2) is 0 Å². The Balaban J connectivity index is 1.86. The Kier molecular flexibility index (Phi) is 3.86. The van der Waals surface area contributed by atoms with Crippen molar-refractivity contribution in [2.24, 2.45) is 0 Å². The van der Waals surface area contributed by atoms with E-state index in [-0.39, 0.29) is 5.91 Å². The SMILES string of the molecule is CNC(=O)c1cc(N2CCc3nnc(OC)cc3C2)ccn1. The number of hydrogen-bond acceptors (Lipinski definition) is 6. The number of hydrogen-bond donors (Lipinski definition) is 1. The third-order valence-corrected chi connectivity index (χ3v) is 3.69. The van der Waals surface area contributed by atoms with E-state index in [1.807, 2.05) is 12.1 Å². The van der Waals surface area contributed by atoms with Crippen LogP contribution in [-0.4, -0.2) is 41.8 Å². The van der Waals surface area contributed by atoms with Gasteiger partial charge >= 0.3 is 0 Å². The van der Waals surface area contributed by atoms with Crippen LogP contribution in [0.15, 0.2) is 24.4 Å². The van der Waals surface area contributed by atoms with E-state index in [1.165, 1.54) is 0 Å². The molecule has 7 nitrogen and oxygen atoms in total. The number of nitrogens with zero attached hydrogens (tertiary/aromatic N) is 4. The topological polar surface area (TPSA) is 80.2 Å². The fraction of sp³-hybridized carbons (Fsp3) is 0.333. The molecule has 2 aromatic heterocycles. The quantitative estimate of drug-likeness (QED) is 0.903. The van der Waals surface area contributed by atoms with Gasteiger partial charge < -0.3 is 15.0 Å². The van der Waals surface area contributed by atoms with Gasteiger partial charge in [0.25, 0.3) is 5.91 Å². The van der Waals surface area contributed by atoms with Crippen molar-refractivity contribution in [1.82, 2.24) is 20.5 Å². The van der Waals surface area contributed by atoms with Gasteiger partial charge in [-0.25, -0.2) is 0 Å². The molecular formula is C15H17N5O2. The maximum atomic E-state index is 11.7. The summed E-state index contributed by atoms with van der Waals surface area (Å²) in [4.78, 5) is 18.0. The minimum atomic E-state index is -0.188. The number of amides is 1. The summed E-state index contributed by atoms with van der Waals surface area (Å²) in [6, 6.07) is 5.62. The average molecular weight is 299 g/mol. The van der Waals surface area contributed by atoms with E-state index in [0.717, 1.165) is 29.9 Å². The molecule has 1 N–H and O–H groups in total. The van der Waals surface area contributed by atoms with Crippen LogP contribution in [-0.2, 0) is 13.0 Å². The molecule has 114 valence electrons. The Labute approximate surface area is 128 Å². The lowest BCUT2D eigenvalue weighted by Gasteiger charge is -2.30. The first-order valence-corrected chi connectivity index (χ1v) is 7.04. The van der Waals surface area contributed by atoms with E-state index < -0.39 is 0 Å². The molecule has 0 unspecified atom stereocenters. The van der Waals surface area contributed by atoms with Gasteiger partial charge in [-0.2, -0.15) is 5.10 Å². The number of rotatable bonds is 3. The van der Waals surface area contributed by atoms with Crippen molar-refractivity contribution >= 4 is 11.6 Å². The number of nitrogens with one attached hydrogen (secondary N) is 1. The molecule has 3 rings (SSSR count). The summed E-state index contributed by atoms with van der Waals surface area (Å²) in [6.45, 7) is 1.53. The number of pyridine rings is 1. The van der Waals surface area contributed by atoms with Gasteiger partial charge in [0.2, 0.25) is 5.88 Å². The number of carbonyl (C=O) groups is 1. The van der Waals surface area contributed by atoms with Gasteiger partial charge in [-0.15, -0.1) is 5.10 Å². The van der Waals surface area contributed by atoms with Crippen LogP contribution in [0.25, 0.3) is 0 Å². The van der Waals surface area contributed by atoms with Crippen LogP contribution >= 0.6 is 0 Å². The van der Waals surface area contributed by atoms with E-state index in [1.54, 1.807) is 26.4 Å². The highest BCUT2D eigenvalue weighted by Gasteiger charge is 2.20. The summed E-state index contributed by atoms with van der Waals surface area (Å²) >= 11 is 0. The third-order valence-electron chi connectivity index (χ3n) is 3.69. The number of ether oxygens (including phenoxy) is 1. The fourth-order valence-electron chi connectivity index (χ4n) is 2.50. The van der Waals surface area contributed by atoms with Crippen LogP contribution < -0.4 is 15.0 Å². The molecule has 0 saturated heterocycles. The second kappa shape index (κ2) is 5.97. The highest BCUT2D eigenvalue weighted by atomic mass is 16.5. The molecule has 0 saturated carbocycles. The Bertz CT molecular complexity index is 704. The van der Waals surface area contributed by atoms with Crippen molar-refractivity contribution in [3.05, 3.63) is 41.3 Å². The predicted molar refractivity (Wildman–Crippen MR) is 81.0 cm³/mol. The maximum Gasteiger partial charge on any atom is 0.269 e. The van der Waals surface area contributed by atoms with E-state index in [0.29, 0.717) is 18.1 Å². The van der Waals surface area contributed by atoms with Crippen molar-refractivity contribution in [2.45, 2.75) is 13.0 Å². The average Bonchev–Trinajstić information content (AvgIpc) is 2.60. The summed E-state index contributed by atoms with van der Waals surface area (Å²) in [6.07, 6.45) is 2.46. The lowest BCUT2D eigenvalue weighted by Crippen LogP contribution is -2.31. The van der Waals surface area contributed by atoms with Gasteiger partial charge in [-0.1, -0.05) is 0 Å². The Morgan fingerprint density at radius 2 is 2.23 bits per heavy atom. The monoisotopic (exact) mass is 299 g/mol. The molecule has 3 heterocycles. The molecule has 1 aliphatic heterocycles. The fourth-order valence-corrected chi connectivity index (χ4v) is 2.50. The Hall–Kier alpha value is -2.70. The second-order valence-electron chi connectivity index (χ2n) is 5.01. The van der Waals surface area contributed by atoms with Gasteiger partial charge in [0, 0.05) is 50.1 Å². The molecule has 2 aromatic rings. The van der Waals surface area contributed by atoms with Crippen molar-refractivity contribution in [3.63, 3.8) is 0 Å². The van der Waals surface area contributed by atoms with E-state index in [4.69, 9.17) is 4.74 Å². The van der Waals surface area contributed by atoms with Crippen molar-refractivity contribution in [2.75, 3.05) is 25.6 Å². The summed E-state index contributed by atoms with van der Waals surface area (Å²) in [5.74, 6) is 0.327. The zero-order valence-electron chi connectivity index (χ0n) is 12.5. The molecule has 7 heteroatoms. The molecule has 22 heavy (non-hydrogen) atoms. The molecule has 0 radical (unpaired) electrons. The zero-order chi connectivity index (χ0) is 15.5. The normalized spacial score (nSPS) is 13.5. The predicted octanol–water partition coefficient (Wildman–Crippen LogP) is 0.802. The number of carbonyl (C=O) groups excluding carboxylic acids is 1. The third kappa shape index (κ3) is 2.69. The van der Waals surface area contributed by atoms with Gasteiger partial charge in [0.05, 0.1) is 12.8 Å². The van der Waals surface area contributed by atoms with Crippen LogP contribution in [0.2, 0.25) is 0 Å². The number of fused-ring (bicyclic) bond motifs is 1. The minimum Gasteiger partial charge on any atom is -0.480 e. The van der Waals surface area contributed by atoms with Crippen LogP contribution in [0, 0.1) is 0 Å². The molecule has 1 amide bonds. The standard InChI is InChI=1S/C15H17N5O2/c1-16-15(21)13-8-11(3-5-17-13)20-6-4-12-10(9-20)7-14(22-2)19-18-12/h3,5,7-8H,4,6,9H2,1-2H3,(H,16,21). The smallest absolute Gasteiger partial charge is 0.269 e. The molecule has 0 fully saturated rings. The van der Waals surface area contributed by atoms with Crippen LogP contribution in [0.4, 0.5) is 5.69 Å². The number of aromatic nitrogens is 3. The molecular weight excluding hydrogens is 282 g/mol. The maximum absolute atomic E-state index is 11.7. The molecule has 0 atom stereocenters. The van der Waals surface area contributed by atoms with E-state index in [2.05, 4.69) is 25.4 Å². The highest BCUT2D eigenvalue weighted by molar-refractivity contribution is 5.92. The summed E-state index contributed by atoms with van der Waals surface area (Å²) in [5.41, 5.74) is 3.47. The zero-order valence-corrected chi connectivity index (χ0v) is 12.5. The van der Waals surface area contributed by atoms with Gasteiger partial charge in [-0.05, 0) is 12.1 Å². The highest BCUT2D eigenvalue weighted by Crippen LogP contribution is 2.24. The molecule has 0 aliphatic carbocycles. The Morgan fingerprint density at radius 3 is 3.00 bits per heavy atom. The summed E-state index contributed by atoms with van der Waals surface area (Å²) < 4.78 is 5.13. The second-order valence-corrected chi connectivity index (χ2v) is 5.01. The van der Waals surface area contributed by atoms with Crippen molar-refractivity contribution in [1.29, 1.82) is 0 Å². The molecule has 0 aromatic carbocycles. The lowest BCUT2D eigenvalue weighted by molar-refractivity contribution is 0.0958. The molecule has 1 aliphatic rings. The van der Waals surface area contributed by atoms with Crippen molar-refractivity contribution < 1.29 is 9.53 Å². The summed E-state index contributed by atoms with van der Waals surface area (Å²) in [7, 11) is 3.17. The van der Waals surface area contributed by atoms with Crippen LogP contribution in [0.1, 0.15) is 21.7 Å². The first-order valence-electron chi connectivity index (χ1n) is 7.04.